The number of thiazole rings is 1. The minimum Gasteiger partial charge on any atom is -0.455 e. The molecule has 0 bridgehead atoms. The molecule has 3 aromatic heterocycles. The van der Waals surface area contributed by atoms with E-state index >= 15 is 0 Å². The standard InChI is InChI=1S/C16H16N4O2S/c1-3-15-19-12(10-23-15)9-22-16(21)14-8-18-20(11(14)2)13-4-6-17-7-5-13/h4-8,10H,3,9H2,1-2H3. The zero-order chi connectivity index (χ0) is 16.2. The van der Waals surface area contributed by atoms with Crippen molar-refractivity contribution in [2.75, 3.05) is 0 Å². The van der Waals surface area contributed by atoms with Gasteiger partial charge in [-0.15, -0.1) is 11.3 Å². The van der Waals surface area contributed by atoms with Crippen LogP contribution < -0.4 is 0 Å². The number of esters is 1. The molecule has 3 heterocycles. The van der Waals surface area contributed by atoms with Crippen molar-refractivity contribution >= 4 is 17.3 Å². The first-order valence-corrected chi connectivity index (χ1v) is 8.12. The van der Waals surface area contributed by atoms with E-state index in [1.807, 2.05) is 31.4 Å². The highest BCUT2D eigenvalue weighted by Gasteiger charge is 2.17. The maximum atomic E-state index is 12.2. The van der Waals surface area contributed by atoms with E-state index < -0.39 is 5.97 Å². The molecule has 7 heteroatoms. The fourth-order valence-corrected chi connectivity index (χ4v) is 2.88. The topological polar surface area (TPSA) is 69.9 Å². The molecule has 0 saturated heterocycles. The maximum absolute atomic E-state index is 12.2. The second kappa shape index (κ2) is 6.70. The van der Waals surface area contributed by atoms with E-state index in [1.165, 1.54) is 6.20 Å². The first-order chi connectivity index (χ1) is 11.2. The molecule has 0 amide bonds. The largest absolute Gasteiger partial charge is 0.455 e. The van der Waals surface area contributed by atoms with Crippen LogP contribution in [0, 0.1) is 6.92 Å². The van der Waals surface area contributed by atoms with Crippen LogP contribution >= 0.6 is 11.3 Å². The first-order valence-electron chi connectivity index (χ1n) is 7.24. The average Bonchev–Trinajstić information content (AvgIpc) is 3.20. The number of hydrogen-bond donors (Lipinski definition) is 0. The third-order valence-corrected chi connectivity index (χ3v) is 4.43. The molecule has 0 N–H and O–H groups in total. The van der Waals surface area contributed by atoms with Gasteiger partial charge >= 0.3 is 5.97 Å². The van der Waals surface area contributed by atoms with Crippen molar-refractivity contribution in [2.45, 2.75) is 26.9 Å². The second-order valence-corrected chi connectivity index (χ2v) is 5.87. The van der Waals surface area contributed by atoms with E-state index in [0.717, 1.165) is 28.5 Å². The summed E-state index contributed by atoms with van der Waals surface area (Å²) in [6.07, 6.45) is 5.77. The number of aromatic nitrogens is 4. The zero-order valence-corrected chi connectivity index (χ0v) is 13.7. The normalized spacial score (nSPS) is 10.7. The maximum Gasteiger partial charge on any atom is 0.342 e. The van der Waals surface area contributed by atoms with Gasteiger partial charge in [-0.3, -0.25) is 4.98 Å². The van der Waals surface area contributed by atoms with Crippen LogP contribution in [0.3, 0.4) is 0 Å². The molecule has 0 aliphatic heterocycles. The summed E-state index contributed by atoms with van der Waals surface area (Å²) >= 11 is 1.58. The van der Waals surface area contributed by atoms with E-state index in [0.29, 0.717) is 5.56 Å². The van der Waals surface area contributed by atoms with Crippen molar-refractivity contribution in [2.24, 2.45) is 0 Å². The molecule has 0 radical (unpaired) electrons. The van der Waals surface area contributed by atoms with Gasteiger partial charge in [-0.1, -0.05) is 6.92 Å². The molecule has 0 fully saturated rings. The van der Waals surface area contributed by atoms with Crippen LogP contribution in [0.25, 0.3) is 5.69 Å². The smallest absolute Gasteiger partial charge is 0.342 e. The van der Waals surface area contributed by atoms with Gasteiger partial charge in [-0.05, 0) is 25.5 Å². The Bertz CT molecular complexity index is 811. The van der Waals surface area contributed by atoms with Gasteiger partial charge in [0.05, 0.1) is 28.3 Å². The number of nitrogens with zero attached hydrogens (tertiary/aromatic N) is 4. The van der Waals surface area contributed by atoms with Gasteiger partial charge in [0, 0.05) is 17.8 Å². The molecule has 0 aromatic carbocycles. The molecule has 0 saturated carbocycles. The van der Waals surface area contributed by atoms with Gasteiger partial charge in [0.1, 0.15) is 12.2 Å². The third kappa shape index (κ3) is 3.29. The van der Waals surface area contributed by atoms with Gasteiger partial charge in [0.2, 0.25) is 0 Å². The number of ether oxygens (including phenoxy) is 1. The van der Waals surface area contributed by atoms with Gasteiger partial charge < -0.3 is 4.74 Å². The Hall–Kier alpha value is -2.54. The van der Waals surface area contributed by atoms with Gasteiger partial charge in [-0.2, -0.15) is 5.10 Å². The summed E-state index contributed by atoms with van der Waals surface area (Å²) in [6.45, 7) is 4.06. The Morgan fingerprint density at radius 1 is 1.35 bits per heavy atom. The number of rotatable bonds is 5. The van der Waals surface area contributed by atoms with E-state index in [1.54, 1.807) is 28.4 Å². The van der Waals surface area contributed by atoms with Crippen molar-refractivity contribution in [3.8, 4) is 5.69 Å². The van der Waals surface area contributed by atoms with Crippen LogP contribution in [0.5, 0.6) is 0 Å². The predicted octanol–water partition coefficient (Wildman–Crippen LogP) is 2.95. The minimum atomic E-state index is -0.395. The SMILES string of the molecule is CCc1nc(COC(=O)c2cnn(-c3ccncc3)c2C)cs1. The van der Waals surface area contributed by atoms with Crippen LogP contribution in [0.1, 0.15) is 33.7 Å². The molecule has 0 aliphatic rings. The number of hydrogen-bond acceptors (Lipinski definition) is 6. The van der Waals surface area contributed by atoms with Crippen LogP contribution in [0.4, 0.5) is 0 Å². The molecular weight excluding hydrogens is 312 g/mol. The van der Waals surface area contributed by atoms with Gasteiger partial charge in [0.15, 0.2) is 0 Å². The van der Waals surface area contributed by atoms with Crippen LogP contribution in [-0.4, -0.2) is 25.7 Å². The van der Waals surface area contributed by atoms with Crippen molar-refractivity contribution in [1.82, 2.24) is 19.7 Å². The zero-order valence-electron chi connectivity index (χ0n) is 12.9. The molecule has 0 aliphatic carbocycles. The summed E-state index contributed by atoms with van der Waals surface area (Å²) in [7, 11) is 0. The van der Waals surface area contributed by atoms with Crippen LogP contribution in [-0.2, 0) is 17.8 Å². The summed E-state index contributed by atoms with van der Waals surface area (Å²) in [5.74, 6) is -0.395. The monoisotopic (exact) mass is 328 g/mol. The van der Waals surface area contributed by atoms with Crippen molar-refractivity contribution in [1.29, 1.82) is 0 Å². The molecule has 3 rings (SSSR count). The highest BCUT2D eigenvalue weighted by Crippen LogP contribution is 2.16. The summed E-state index contributed by atoms with van der Waals surface area (Å²) in [4.78, 5) is 20.6. The van der Waals surface area contributed by atoms with Crippen molar-refractivity contribution in [3.63, 3.8) is 0 Å². The van der Waals surface area contributed by atoms with Gasteiger partial charge in [-0.25, -0.2) is 14.5 Å². The molecule has 0 unspecified atom stereocenters. The molecular formula is C16H16N4O2S. The Kier molecular flexibility index (Phi) is 4.47. The summed E-state index contributed by atoms with van der Waals surface area (Å²) in [5.41, 5.74) is 2.81. The lowest BCUT2D eigenvalue weighted by molar-refractivity contribution is 0.0467. The van der Waals surface area contributed by atoms with E-state index in [9.17, 15) is 4.79 Å². The summed E-state index contributed by atoms with van der Waals surface area (Å²) in [5, 5.41) is 7.21. The lowest BCUT2D eigenvalue weighted by Crippen LogP contribution is -2.07. The lowest BCUT2D eigenvalue weighted by Gasteiger charge is -2.05. The average molecular weight is 328 g/mol. The Morgan fingerprint density at radius 3 is 2.83 bits per heavy atom. The van der Waals surface area contributed by atoms with Crippen LogP contribution in [0.15, 0.2) is 36.1 Å². The number of carbonyl (C=O) groups excluding carboxylic acids is 1. The lowest BCUT2D eigenvalue weighted by atomic mass is 10.2. The van der Waals surface area contributed by atoms with Crippen molar-refractivity contribution < 1.29 is 9.53 Å². The molecule has 118 valence electrons. The number of pyridine rings is 1. The summed E-state index contributed by atoms with van der Waals surface area (Å²) in [6, 6.07) is 3.66. The third-order valence-electron chi connectivity index (χ3n) is 3.39. The second-order valence-electron chi connectivity index (χ2n) is 4.92. The fourth-order valence-electron chi connectivity index (χ4n) is 2.15. The highest BCUT2D eigenvalue weighted by atomic mass is 32.1. The molecule has 6 nitrogen and oxygen atoms in total. The number of carbonyl (C=O) groups is 1. The van der Waals surface area contributed by atoms with E-state index in [2.05, 4.69) is 15.1 Å². The number of aryl methyl sites for hydroxylation is 1. The highest BCUT2D eigenvalue weighted by molar-refractivity contribution is 7.09. The van der Waals surface area contributed by atoms with Crippen molar-refractivity contribution in [3.05, 3.63) is 58.1 Å². The minimum absolute atomic E-state index is 0.176. The molecule has 3 aromatic rings. The first kappa shape index (κ1) is 15.4. The van der Waals surface area contributed by atoms with E-state index in [-0.39, 0.29) is 6.61 Å². The molecule has 0 atom stereocenters. The fraction of sp³-hybridized carbons (Fsp3) is 0.250. The van der Waals surface area contributed by atoms with Gasteiger partial charge in [0.25, 0.3) is 0 Å². The summed E-state index contributed by atoms with van der Waals surface area (Å²) < 4.78 is 7.03. The Morgan fingerprint density at radius 2 is 2.13 bits per heavy atom. The quantitative estimate of drug-likeness (QED) is 0.674. The van der Waals surface area contributed by atoms with E-state index in [4.69, 9.17) is 4.74 Å². The predicted molar refractivity (Wildman–Crippen MR) is 86.7 cm³/mol. The molecule has 23 heavy (non-hydrogen) atoms. The Labute approximate surface area is 137 Å². The molecule has 0 spiro atoms. The Balaban J connectivity index is 1.72. The van der Waals surface area contributed by atoms with Crippen LogP contribution in [0.2, 0.25) is 0 Å².